The molecular formula is C20H19N3O3. The van der Waals surface area contributed by atoms with Gasteiger partial charge in [-0.25, -0.2) is 4.98 Å². The summed E-state index contributed by atoms with van der Waals surface area (Å²) in [6.07, 6.45) is 3.18. The molecule has 2 aromatic heterocycles. The lowest BCUT2D eigenvalue weighted by atomic mass is 10.2. The largest absolute Gasteiger partial charge is 0.487 e. The van der Waals surface area contributed by atoms with Crippen LogP contribution in [0.2, 0.25) is 0 Å². The summed E-state index contributed by atoms with van der Waals surface area (Å²) in [5.41, 5.74) is 2.85. The molecule has 1 aromatic carbocycles. The number of amides is 1. The fourth-order valence-electron chi connectivity index (χ4n) is 3.20. The molecule has 0 unspecified atom stereocenters. The summed E-state index contributed by atoms with van der Waals surface area (Å²) in [5.74, 6) is 0.788. The van der Waals surface area contributed by atoms with Gasteiger partial charge in [-0.05, 0) is 37.1 Å². The number of ether oxygens (including phenoxy) is 1. The normalized spacial score (nSPS) is 14.2. The van der Waals surface area contributed by atoms with Crippen LogP contribution < -0.4 is 15.2 Å². The Hall–Kier alpha value is -3.15. The second kappa shape index (κ2) is 6.63. The number of fused-ring (bicyclic) bond motifs is 1. The summed E-state index contributed by atoms with van der Waals surface area (Å²) in [6.45, 7) is 2.85. The van der Waals surface area contributed by atoms with E-state index in [4.69, 9.17) is 4.74 Å². The highest BCUT2D eigenvalue weighted by molar-refractivity contribution is 5.95. The van der Waals surface area contributed by atoms with Gasteiger partial charge in [0.25, 0.3) is 5.56 Å². The highest BCUT2D eigenvalue weighted by Crippen LogP contribution is 2.25. The zero-order valence-electron chi connectivity index (χ0n) is 14.5. The van der Waals surface area contributed by atoms with Crippen molar-refractivity contribution in [1.29, 1.82) is 0 Å². The van der Waals surface area contributed by atoms with Gasteiger partial charge < -0.3 is 9.64 Å². The van der Waals surface area contributed by atoms with Gasteiger partial charge in [0.15, 0.2) is 0 Å². The van der Waals surface area contributed by atoms with Crippen molar-refractivity contribution in [3.05, 3.63) is 70.3 Å². The molecule has 3 aromatic rings. The van der Waals surface area contributed by atoms with E-state index in [-0.39, 0.29) is 18.1 Å². The van der Waals surface area contributed by atoms with E-state index in [1.54, 1.807) is 11.1 Å². The minimum Gasteiger partial charge on any atom is -0.487 e. The number of rotatable bonds is 4. The molecule has 6 nitrogen and oxygen atoms in total. The molecule has 26 heavy (non-hydrogen) atoms. The van der Waals surface area contributed by atoms with Gasteiger partial charge in [0.1, 0.15) is 18.0 Å². The standard InChI is InChI=1S/C20H19N3O3/c1-14-5-3-10-23-19(25)11-15(21-20(14)23)13-26-17-7-2-6-16(12-17)22-9-4-8-18(22)24/h2-3,5-7,10-12H,4,8-9,13H2,1H3. The molecule has 132 valence electrons. The first-order chi connectivity index (χ1) is 12.6. The van der Waals surface area contributed by atoms with E-state index in [0.29, 0.717) is 23.5 Å². The van der Waals surface area contributed by atoms with Crippen LogP contribution in [0.4, 0.5) is 5.69 Å². The van der Waals surface area contributed by atoms with Crippen LogP contribution in [0.25, 0.3) is 5.65 Å². The fourth-order valence-corrected chi connectivity index (χ4v) is 3.20. The molecule has 0 spiro atoms. The van der Waals surface area contributed by atoms with Crippen LogP contribution >= 0.6 is 0 Å². The maximum Gasteiger partial charge on any atom is 0.258 e. The molecule has 4 rings (SSSR count). The van der Waals surface area contributed by atoms with E-state index in [9.17, 15) is 9.59 Å². The summed E-state index contributed by atoms with van der Waals surface area (Å²) in [7, 11) is 0. The molecule has 1 aliphatic rings. The SMILES string of the molecule is Cc1cccn2c(=O)cc(COc3cccc(N4CCCC4=O)c3)nc12. The van der Waals surface area contributed by atoms with E-state index in [1.807, 2.05) is 43.3 Å². The average molecular weight is 349 g/mol. The number of nitrogens with zero attached hydrogens (tertiary/aromatic N) is 3. The highest BCUT2D eigenvalue weighted by atomic mass is 16.5. The Kier molecular flexibility index (Phi) is 4.16. The first kappa shape index (κ1) is 16.3. The fraction of sp³-hybridized carbons (Fsp3) is 0.250. The number of hydrogen-bond donors (Lipinski definition) is 0. The molecule has 1 saturated heterocycles. The van der Waals surface area contributed by atoms with Crippen LogP contribution in [0, 0.1) is 6.92 Å². The maximum atomic E-state index is 12.3. The molecule has 1 aliphatic heterocycles. The Morgan fingerprint density at radius 3 is 2.85 bits per heavy atom. The third kappa shape index (κ3) is 3.06. The van der Waals surface area contributed by atoms with Crippen LogP contribution in [0.5, 0.6) is 5.75 Å². The van der Waals surface area contributed by atoms with Crippen molar-refractivity contribution in [3.8, 4) is 5.75 Å². The van der Waals surface area contributed by atoms with Crippen molar-refractivity contribution >= 4 is 17.2 Å². The molecule has 0 atom stereocenters. The Bertz CT molecular complexity index is 1040. The molecule has 0 saturated carbocycles. The minimum absolute atomic E-state index is 0.131. The lowest BCUT2D eigenvalue weighted by Gasteiger charge is -2.16. The smallest absolute Gasteiger partial charge is 0.258 e. The van der Waals surface area contributed by atoms with Gasteiger partial charge in [0.2, 0.25) is 5.91 Å². The lowest BCUT2D eigenvalue weighted by Crippen LogP contribution is -2.23. The zero-order valence-corrected chi connectivity index (χ0v) is 14.5. The van der Waals surface area contributed by atoms with Gasteiger partial charge >= 0.3 is 0 Å². The van der Waals surface area contributed by atoms with Gasteiger partial charge in [-0.3, -0.25) is 14.0 Å². The van der Waals surface area contributed by atoms with Gasteiger partial charge in [-0.1, -0.05) is 12.1 Å². The quantitative estimate of drug-likeness (QED) is 0.726. The van der Waals surface area contributed by atoms with Gasteiger partial charge in [-0.15, -0.1) is 0 Å². The third-order valence-electron chi connectivity index (χ3n) is 4.53. The van der Waals surface area contributed by atoms with Crippen LogP contribution in [-0.4, -0.2) is 21.8 Å². The summed E-state index contributed by atoms with van der Waals surface area (Å²) in [5, 5.41) is 0. The first-order valence-corrected chi connectivity index (χ1v) is 8.63. The van der Waals surface area contributed by atoms with Crippen molar-refractivity contribution in [2.45, 2.75) is 26.4 Å². The van der Waals surface area contributed by atoms with Gasteiger partial charge in [0, 0.05) is 37.0 Å². The first-order valence-electron chi connectivity index (χ1n) is 8.63. The number of carbonyl (C=O) groups is 1. The van der Waals surface area contributed by atoms with Crippen LogP contribution in [0.15, 0.2) is 53.5 Å². The van der Waals surface area contributed by atoms with E-state index < -0.39 is 0 Å². The van der Waals surface area contributed by atoms with Crippen LogP contribution in [-0.2, 0) is 11.4 Å². The van der Waals surface area contributed by atoms with E-state index in [2.05, 4.69) is 4.98 Å². The summed E-state index contributed by atoms with van der Waals surface area (Å²) in [6, 6.07) is 12.7. The number of carbonyl (C=O) groups excluding carboxylic acids is 1. The predicted molar refractivity (Wildman–Crippen MR) is 98.6 cm³/mol. The lowest BCUT2D eigenvalue weighted by molar-refractivity contribution is -0.117. The Morgan fingerprint density at radius 2 is 2.04 bits per heavy atom. The second-order valence-corrected chi connectivity index (χ2v) is 6.41. The molecule has 0 aliphatic carbocycles. The predicted octanol–water partition coefficient (Wildman–Crippen LogP) is 2.71. The van der Waals surface area contributed by atoms with Crippen molar-refractivity contribution in [2.24, 2.45) is 0 Å². The third-order valence-corrected chi connectivity index (χ3v) is 4.53. The molecule has 0 N–H and O–H groups in total. The van der Waals surface area contributed by atoms with Crippen LogP contribution in [0.1, 0.15) is 24.1 Å². The van der Waals surface area contributed by atoms with E-state index in [1.165, 1.54) is 10.5 Å². The molecule has 0 bridgehead atoms. The number of pyridine rings is 1. The molecule has 6 heteroatoms. The number of aryl methyl sites for hydroxylation is 1. The van der Waals surface area contributed by atoms with Gasteiger partial charge in [-0.2, -0.15) is 0 Å². The number of aromatic nitrogens is 2. The Morgan fingerprint density at radius 1 is 1.15 bits per heavy atom. The Balaban J connectivity index is 1.56. The zero-order chi connectivity index (χ0) is 18.1. The Labute approximate surface area is 150 Å². The summed E-state index contributed by atoms with van der Waals surface area (Å²) in [4.78, 5) is 30.5. The number of anilines is 1. The highest BCUT2D eigenvalue weighted by Gasteiger charge is 2.21. The van der Waals surface area contributed by atoms with E-state index in [0.717, 1.165) is 24.2 Å². The van der Waals surface area contributed by atoms with Gasteiger partial charge in [0.05, 0.1) is 5.69 Å². The minimum atomic E-state index is -0.131. The second-order valence-electron chi connectivity index (χ2n) is 6.41. The average Bonchev–Trinajstić information content (AvgIpc) is 3.07. The number of hydrogen-bond acceptors (Lipinski definition) is 4. The van der Waals surface area contributed by atoms with Crippen molar-refractivity contribution < 1.29 is 9.53 Å². The molecule has 3 heterocycles. The van der Waals surface area contributed by atoms with Crippen LogP contribution in [0.3, 0.4) is 0 Å². The topological polar surface area (TPSA) is 63.9 Å². The molecule has 1 fully saturated rings. The van der Waals surface area contributed by atoms with Crippen molar-refractivity contribution in [1.82, 2.24) is 9.38 Å². The summed E-state index contributed by atoms with van der Waals surface area (Å²) < 4.78 is 7.35. The molecule has 0 radical (unpaired) electrons. The maximum absolute atomic E-state index is 12.3. The summed E-state index contributed by atoms with van der Waals surface area (Å²) >= 11 is 0. The van der Waals surface area contributed by atoms with E-state index >= 15 is 0 Å². The molecular weight excluding hydrogens is 330 g/mol. The monoisotopic (exact) mass is 349 g/mol. The van der Waals surface area contributed by atoms with Crippen molar-refractivity contribution in [3.63, 3.8) is 0 Å². The molecule has 1 amide bonds. The number of benzene rings is 1. The van der Waals surface area contributed by atoms with Crippen molar-refractivity contribution in [2.75, 3.05) is 11.4 Å².